The van der Waals surface area contributed by atoms with E-state index in [2.05, 4.69) is 10.6 Å². The molecule has 2 aromatic rings. The monoisotopic (exact) mass is 467 g/mol. The lowest BCUT2D eigenvalue weighted by molar-refractivity contribution is -0.118. The molecule has 1 heterocycles. The number of aliphatic hydroxyl groups excluding tert-OH is 1. The van der Waals surface area contributed by atoms with Crippen molar-refractivity contribution >= 4 is 51.8 Å². The van der Waals surface area contributed by atoms with Crippen molar-refractivity contribution in [1.82, 2.24) is 10.6 Å². The van der Waals surface area contributed by atoms with Crippen LogP contribution in [-0.2, 0) is 17.6 Å². The smallest absolute Gasteiger partial charge is 0.286 e. The summed E-state index contributed by atoms with van der Waals surface area (Å²) in [7, 11) is 0. The van der Waals surface area contributed by atoms with Gasteiger partial charge in [-0.3, -0.25) is 14.9 Å². The summed E-state index contributed by atoms with van der Waals surface area (Å²) in [5.41, 5.74) is 8.78. The predicted octanol–water partition coefficient (Wildman–Crippen LogP) is 3.72. The average Bonchev–Trinajstić information content (AvgIpc) is 3.02. The molecule has 1 saturated heterocycles. The maximum atomic E-state index is 11.7. The second kappa shape index (κ2) is 10.0. The minimum Gasteiger partial charge on any atom is -0.396 e. The number of amides is 2. The highest BCUT2D eigenvalue weighted by molar-refractivity contribution is 8.15. The second-order valence-electron chi connectivity index (χ2n) is 7.33. The van der Waals surface area contributed by atoms with Gasteiger partial charge in [-0.1, -0.05) is 59.2 Å². The molecular weight excluding hydrogens is 445 g/mol. The number of benzene rings is 2. The van der Waals surface area contributed by atoms with E-state index in [1.54, 1.807) is 12.1 Å². The highest BCUT2D eigenvalue weighted by Gasteiger charge is 2.31. The zero-order chi connectivity index (χ0) is 21.8. The molecule has 0 aromatic heterocycles. The van der Waals surface area contributed by atoms with Gasteiger partial charge in [0.1, 0.15) is 0 Å². The van der Waals surface area contributed by atoms with Crippen molar-refractivity contribution in [1.29, 1.82) is 0 Å². The summed E-state index contributed by atoms with van der Waals surface area (Å²) in [6.45, 7) is 2.38. The zero-order valence-corrected chi connectivity index (χ0v) is 18.7. The molecule has 1 aliphatic heterocycles. The minimum atomic E-state index is -0.761. The van der Waals surface area contributed by atoms with Gasteiger partial charge < -0.3 is 16.2 Å². The Balaban J connectivity index is 1.49. The number of carbonyl (C=O) groups excluding carboxylic acids is 2. The van der Waals surface area contributed by atoms with Gasteiger partial charge in [0.2, 0.25) is 5.91 Å². The minimum absolute atomic E-state index is 0.124. The standard InChI is InChI=1S/C21H23Cl2N3O3S/c1-11(25-10-17(27)14-8-15(22)19(24)16(23)9-14)6-12-2-4-13(5-3-12)7-18-20(28)26-21(29)30-18/h2-5,8-9,11,17-18,25,27H,6-7,10,24H2,1H3,(H,26,28,29). The number of rotatable bonds is 8. The number of anilines is 1. The van der Waals surface area contributed by atoms with Crippen LogP contribution in [0.4, 0.5) is 10.5 Å². The van der Waals surface area contributed by atoms with Gasteiger partial charge in [0.15, 0.2) is 0 Å². The van der Waals surface area contributed by atoms with Gasteiger partial charge in [-0.15, -0.1) is 0 Å². The third-order valence-corrected chi connectivity index (χ3v) is 6.51. The van der Waals surface area contributed by atoms with Crippen LogP contribution >= 0.6 is 35.0 Å². The van der Waals surface area contributed by atoms with Crippen LogP contribution in [0, 0.1) is 0 Å². The number of hydrogen-bond acceptors (Lipinski definition) is 6. The number of carbonyl (C=O) groups is 2. The molecule has 1 fully saturated rings. The number of thioether (sulfide) groups is 1. The molecule has 5 N–H and O–H groups in total. The first-order valence-electron chi connectivity index (χ1n) is 9.48. The first-order valence-corrected chi connectivity index (χ1v) is 11.1. The number of imide groups is 1. The second-order valence-corrected chi connectivity index (χ2v) is 9.32. The largest absolute Gasteiger partial charge is 0.396 e. The van der Waals surface area contributed by atoms with Crippen LogP contribution in [0.3, 0.4) is 0 Å². The summed E-state index contributed by atoms with van der Waals surface area (Å²) in [5, 5.41) is 16.0. The molecule has 3 rings (SSSR count). The zero-order valence-electron chi connectivity index (χ0n) is 16.3. The van der Waals surface area contributed by atoms with Crippen molar-refractivity contribution in [2.24, 2.45) is 0 Å². The lowest BCUT2D eigenvalue weighted by Gasteiger charge is -2.18. The molecule has 0 bridgehead atoms. The fourth-order valence-corrected chi connectivity index (χ4v) is 4.57. The third-order valence-electron chi connectivity index (χ3n) is 4.90. The van der Waals surface area contributed by atoms with Crippen molar-refractivity contribution in [2.75, 3.05) is 12.3 Å². The Morgan fingerprint density at radius 3 is 2.33 bits per heavy atom. The van der Waals surface area contributed by atoms with E-state index in [1.165, 1.54) is 0 Å². The number of nitrogens with one attached hydrogen (secondary N) is 2. The molecule has 2 amide bonds. The Bertz CT molecular complexity index is 917. The van der Waals surface area contributed by atoms with Crippen molar-refractivity contribution in [2.45, 2.75) is 37.2 Å². The van der Waals surface area contributed by atoms with Gasteiger partial charge in [-0.2, -0.15) is 0 Å². The highest BCUT2D eigenvalue weighted by atomic mass is 35.5. The Morgan fingerprint density at radius 1 is 1.17 bits per heavy atom. The molecule has 1 aliphatic rings. The Hall–Kier alpha value is -1.77. The summed E-state index contributed by atoms with van der Waals surface area (Å²) in [4.78, 5) is 22.9. The molecule has 0 aliphatic carbocycles. The third kappa shape index (κ3) is 5.89. The van der Waals surface area contributed by atoms with Gasteiger partial charge in [0, 0.05) is 12.6 Å². The van der Waals surface area contributed by atoms with Crippen LogP contribution < -0.4 is 16.4 Å². The summed E-state index contributed by atoms with van der Waals surface area (Å²) in [5.74, 6) is -0.228. The molecule has 2 aromatic carbocycles. The van der Waals surface area contributed by atoms with Crippen LogP contribution in [0.15, 0.2) is 36.4 Å². The van der Waals surface area contributed by atoms with Crippen LogP contribution in [0.1, 0.15) is 29.7 Å². The van der Waals surface area contributed by atoms with E-state index in [4.69, 9.17) is 28.9 Å². The van der Waals surface area contributed by atoms with Crippen molar-refractivity contribution < 1.29 is 14.7 Å². The Morgan fingerprint density at radius 2 is 1.77 bits per heavy atom. The fourth-order valence-electron chi connectivity index (χ4n) is 3.21. The number of nitrogen functional groups attached to an aromatic ring is 1. The molecule has 160 valence electrons. The molecule has 9 heteroatoms. The van der Waals surface area contributed by atoms with E-state index in [0.717, 1.165) is 29.3 Å². The van der Waals surface area contributed by atoms with Gasteiger partial charge in [0.25, 0.3) is 5.24 Å². The Labute approximate surface area is 189 Å². The van der Waals surface area contributed by atoms with Crippen LogP contribution in [-0.4, -0.2) is 34.1 Å². The highest BCUT2D eigenvalue weighted by Crippen LogP contribution is 2.31. The van der Waals surface area contributed by atoms with Crippen LogP contribution in [0.5, 0.6) is 0 Å². The van der Waals surface area contributed by atoms with Crippen molar-refractivity contribution in [3.8, 4) is 0 Å². The van der Waals surface area contributed by atoms with Crippen molar-refractivity contribution in [3.63, 3.8) is 0 Å². The first kappa shape index (κ1) is 22.9. The molecule has 0 saturated carbocycles. The van der Waals surface area contributed by atoms with E-state index in [-0.39, 0.29) is 22.4 Å². The quantitative estimate of drug-likeness (QED) is 0.441. The Kier molecular flexibility index (Phi) is 7.65. The summed E-state index contributed by atoms with van der Waals surface area (Å²) in [6.07, 6.45) is 0.533. The normalized spacial score (nSPS) is 18.3. The number of nitrogens with two attached hydrogens (primary N) is 1. The van der Waals surface area contributed by atoms with E-state index < -0.39 is 6.10 Å². The summed E-state index contributed by atoms with van der Waals surface area (Å²) < 4.78 is 0. The molecule has 0 radical (unpaired) electrons. The lowest BCUT2D eigenvalue weighted by Crippen LogP contribution is -2.32. The van der Waals surface area contributed by atoms with Crippen molar-refractivity contribution in [3.05, 3.63) is 63.1 Å². The number of aliphatic hydroxyl groups is 1. The molecule has 6 nitrogen and oxygen atoms in total. The molecule has 0 spiro atoms. The molecule has 3 atom stereocenters. The number of halogens is 2. The first-order chi connectivity index (χ1) is 14.2. The fraction of sp³-hybridized carbons (Fsp3) is 0.333. The van der Waals surface area contributed by atoms with Gasteiger partial charge in [0.05, 0.1) is 27.1 Å². The van der Waals surface area contributed by atoms with E-state index in [1.807, 2.05) is 31.2 Å². The van der Waals surface area contributed by atoms with Crippen LogP contribution in [0.2, 0.25) is 10.0 Å². The van der Waals surface area contributed by atoms with E-state index >= 15 is 0 Å². The van der Waals surface area contributed by atoms with Gasteiger partial charge in [-0.25, -0.2) is 0 Å². The van der Waals surface area contributed by atoms with E-state index in [0.29, 0.717) is 34.3 Å². The number of hydrogen-bond donors (Lipinski definition) is 4. The average molecular weight is 468 g/mol. The maximum Gasteiger partial charge on any atom is 0.286 e. The van der Waals surface area contributed by atoms with Gasteiger partial charge >= 0.3 is 0 Å². The SMILES string of the molecule is CC(Cc1ccc(CC2SC(=O)NC2=O)cc1)NCC(O)c1cc(Cl)c(N)c(Cl)c1. The molecule has 30 heavy (non-hydrogen) atoms. The molecular formula is C21H23Cl2N3O3S. The maximum absolute atomic E-state index is 11.7. The topological polar surface area (TPSA) is 104 Å². The van der Waals surface area contributed by atoms with E-state index in [9.17, 15) is 14.7 Å². The summed E-state index contributed by atoms with van der Waals surface area (Å²) >= 11 is 13.1. The molecule has 3 unspecified atom stereocenters. The van der Waals surface area contributed by atoms with Crippen LogP contribution in [0.25, 0.3) is 0 Å². The predicted molar refractivity (Wildman–Crippen MR) is 122 cm³/mol. The summed E-state index contributed by atoms with van der Waals surface area (Å²) in [6, 6.07) is 11.4. The van der Waals surface area contributed by atoms with Gasteiger partial charge in [-0.05, 0) is 48.6 Å². The lowest BCUT2D eigenvalue weighted by atomic mass is 10.0.